The molecule has 0 radical (unpaired) electrons. The lowest BCUT2D eigenvalue weighted by Gasteiger charge is -2.10. The largest absolute Gasteiger partial charge is 0.388 e. The molecule has 2 atom stereocenters. The monoisotopic (exact) mass is 247 g/mol. The van der Waals surface area contributed by atoms with Crippen molar-refractivity contribution < 1.29 is 9.84 Å². The number of hydrogen-bond acceptors (Lipinski definition) is 4. The molecule has 1 aliphatic heterocycles. The molecule has 13 heavy (non-hydrogen) atoms. The SMILES string of the molecule is O[C@@H]1COC[C@H]1n1cc(CBr)nn1. The normalized spacial score (nSPS) is 28.2. The zero-order chi connectivity index (χ0) is 9.26. The summed E-state index contributed by atoms with van der Waals surface area (Å²) in [5.41, 5.74) is 0.860. The average molecular weight is 248 g/mol. The molecule has 1 N–H and O–H groups in total. The van der Waals surface area contributed by atoms with Crippen molar-refractivity contribution >= 4 is 15.9 Å². The summed E-state index contributed by atoms with van der Waals surface area (Å²) >= 11 is 3.28. The molecule has 2 rings (SSSR count). The van der Waals surface area contributed by atoms with Crippen molar-refractivity contribution in [2.45, 2.75) is 17.5 Å². The first kappa shape index (κ1) is 9.11. The molecule has 0 spiro atoms. The Hall–Kier alpha value is -0.460. The van der Waals surface area contributed by atoms with Crippen molar-refractivity contribution in [3.05, 3.63) is 11.9 Å². The molecule has 0 saturated carbocycles. The molecule has 72 valence electrons. The third kappa shape index (κ3) is 1.74. The number of aliphatic hydroxyl groups is 1. The van der Waals surface area contributed by atoms with Crippen LogP contribution in [0.3, 0.4) is 0 Å². The molecule has 0 aromatic carbocycles. The van der Waals surface area contributed by atoms with Crippen molar-refractivity contribution in [1.82, 2.24) is 15.0 Å². The topological polar surface area (TPSA) is 60.2 Å². The minimum Gasteiger partial charge on any atom is -0.388 e. The van der Waals surface area contributed by atoms with Crippen LogP contribution in [0.1, 0.15) is 11.7 Å². The van der Waals surface area contributed by atoms with Gasteiger partial charge in [0.25, 0.3) is 0 Å². The zero-order valence-electron chi connectivity index (χ0n) is 6.93. The molecule has 0 unspecified atom stereocenters. The molecule has 1 aromatic rings. The molecule has 1 aliphatic rings. The average Bonchev–Trinajstić information content (AvgIpc) is 2.71. The van der Waals surface area contributed by atoms with Crippen molar-refractivity contribution in [3.8, 4) is 0 Å². The first-order chi connectivity index (χ1) is 6.31. The Balaban J connectivity index is 2.15. The minimum absolute atomic E-state index is 0.0831. The van der Waals surface area contributed by atoms with E-state index >= 15 is 0 Å². The van der Waals surface area contributed by atoms with E-state index in [1.54, 1.807) is 4.68 Å². The zero-order valence-corrected chi connectivity index (χ0v) is 8.51. The van der Waals surface area contributed by atoms with Crippen LogP contribution in [0.4, 0.5) is 0 Å². The second kappa shape index (κ2) is 3.73. The molecular formula is C7H10BrN3O2. The van der Waals surface area contributed by atoms with Crippen LogP contribution in [-0.2, 0) is 10.1 Å². The predicted molar refractivity (Wildman–Crippen MR) is 48.5 cm³/mol. The minimum atomic E-state index is -0.468. The third-order valence-electron chi connectivity index (χ3n) is 2.06. The van der Waals surface area contributed by atoms with Crippen LogP contribution in [0.25, 0.3) is 0 Å². The molecule has 0 amide bonds. The summed E-state index contributed by atoms with van der Waals surface area (Å²) in [5.74, 6) is 0. The van der Waals surface area contributed by atoms with Crippen LogP contribution in [-0.4, -0.2) is 39.4 Å². The highest BCUT2D eigenvalue weighted by atomic mass is 79.9. The van der Waals surface area contributed by atoms with Crippen LogP contribution >= 0.6 is 15.9 Å². The van der Waals surface area contributed by atoms with E-state index in [0.29, 0.717) is 18.5 Å². The highest BCUT2D eigenvalue weighted by Gasteiger charge is 2.28. The highest BCUT2D eigenvalue weighted by molar-refractivity contribution is 9.08. The van der Waals surface area contributed by atoms with Gasteiger partial charge in [-0.2, -0.15) is 0 Å². The maximum atomic E-state index is 9.50. The number of nitrogens with zero attached hydrogens (tertiary/aromatic N) is 3. The van der Waals surface area contributed by atoms with Crippen LogP contribution in [0.5, 0.6) is 0 Å². The van der Waals surface area contributed by atoms with Crippen LogP contribution in [0.2, 0.25) is 0 Å². The van der Waals surface area contributed by atoms with Gasteiger partial charge in [-0.15, -0.1) is 5.10 Å². The Morgan fingerprint density at radius 2 is 2.54 bits per heavy atom. The Bertz CT molecular complexity index is 291. The van der Waals surface area contributed by atoms with E-state index in [0.717, 1.165) is 5.69 Å². The number of aliphatic hydroxyl groups excluding tert-OH is 1. The Morgan fingerprint density at radius 3 is 3.08 bits per heavy atom. The standard InChI is InChI=1S/C7H10BrN3O2/c8-1-5-2-11(10-9-5)6-3-13-4-7(6)12/h2,6-7,12H,1,3-4H2/t6-,7-/m1/s1. The van der Waals surface area contributed by atoms with Gasteiger partial charge in [-0.3, -0.25) is 0 Å². The summed E-state index contributed by atoms with van der Waals surface area (Å²) in [6, 6.07) is -0.0831. The highest BCUT2D eigenvalue weighted by Crippen LogP contribution is 2.18. The van der Waals surface area contributed by atoms with Crippen LogP contribution in [0, 0.1) is 0 Å². The number of alkyl halides is 1. The van der Waals surface area contributed by atoms with E-state index in [9.17, 15) is 5.11 Å². The lowest BCUT2D eigenvalue weighted by Crippen LogP contribution is -2.22. The summed E-state index contributed by atoms with van der Waals surface area (Å²) in [6.45, 7) is 0.889. The number of aromatic nitrogens is 3. The van der Waals surface area contributed by atoms with Gasteiger partial charge in [0.2, 0.25) is 0 Å². The smallest absolute Gasteiger partial charge is 0.105 e. The Kier molecular flexibility index (Phi) is 2.61. The molecule has 5 nitrogen and oxygen atoms in total. The molecule has 1 aromatic heterocycles. The predicted octanol–water partition coefficient (Wildman–Crippen LogP) is 0.105. The number of halogens is 1. The fourth-order valence-corrected chi connectivity index (χ4v) is 1.58. The van der Waals surface area contributed by atoms with Crippen molar-refractivity contribution in [1.29, 1.82) is 0 Å². The first-order valence-corrected chi connectivity index (χ1v) is 5.16. The van der Waals surface area contributed by atoms with Gasteiger partial charge in [-0.05, 0) is 0 Å². The van der Waals surface area contributed by atoms with Gasteiger partial charge < -0.3 is 9.84 Å². The van der Waals surface area contributed by atoms with Crippen LogP contribution in [0.15, 0.2) is 6.20 Å². The maximum Gasteiger partial charge on any atom is 0.105 e. The third-order valence-corrected chi connectivity index (χ3v) is 2.63. The number of hydrogen-bond donors (Lipinski definition) is 1. The molecule has 6 heteroatoms. The van der Waals surface area contributed by atoms with Gasteiger partial charge in [-0.25, -0.2) is 4.68 Å². The lowest BCUT2D eigenvalue weighted by atomic mass is 10.2. The van der Waals surface area contributed by atoms with E-state index in [1.807, 2.05) is 6.20 Å². The molecule has 2 heterocycles. The second-order valence-electron chi connectivity index (χ2n) is 3.00. The first-order valence-electron chi connectivity index (χ1n) is 4.03. The quantitative estimate of drug-likeness (QED) is 0.754. The van der Waals surface area contributed by atoms with Gasteiger partial charge >= 0.3 is 0 Å². The van der Waals surface area contributed by atoms with E-state index < -0.39 is 6.10 Å². The van der Waals surface area contributed by atoms with Crippen molar-refractivity contribution in [2.24, 2.45) is 0 Å². The summed E-state index contributed by atoms with van der Waals surface area (Å²) < 4.78 is 6.78. The maximum absolute atomic E-state index is 9.50. The van der Waals surface area contributed by atoms with Crippen LogP contribution < -0.4 is 0 Å². The van der Waals surface area contributed by atoms with E-state index in [1.165, 1.54) is 0 Å². The number of ether oxygens (including phenoxy) is 1. The van der Waals surface area contributed by atoms with Gasteiger partial charge in [-0.1, -0.05) is 21.1 Å². The van der Waals surface area contributed by atoms with Gasteiger partial charge in [0.05, 0.1) is 18.9 Å². The molecule has 0 bridgehead atoms. The van der Waals surface area contributed by atoms with Gasteiger partial charge in [0, 0.05) is 11.5 Å². The van der Waals surface area contributed by atoms with E-state index in [2.05, 4.69) is 26.2 Å². The van der Waals surface area contributed by atoms with Crippen molar-refractivity contribution in [3.63, 3.8) is 0 Å². The lowest BCUT2D eigenvalue weighted by molar-refractivity contribution is 0.117. The fraction of sp³-hybridized carbons (Fsp3) is 0.714. The van der Waals surface area contributed by atoms with Crippen molar-refractivity contribution in [2.75, 3.05) is 13.2 Å². The Labute approximate surface area is 83.8 Å². The molecule has 1 fully saturated rings. The number of rotatable bonds is 2. The Morgan fingerprint density at radius 1 is 1.69 bits per heavy atom. The fourth-order valence-electron chi connectivity index (χ4n) is 1.32. The van der Waals surface area contributed by atoms with Gasteiger partial charge in [0.1, 0.15) is 12.1 Å². The van der Waals surface area contributed by atoms with E-state index in [-0.39, 0.29) is 6.04 Å². The summed E-state index contributed by atoms with van der Waals surface area (Å²) in [7, 11) is 0. The summed E-state index contributed by atoms with van der Waals surface area (Å²) in [5, 5.41) is 18.0. The molecule has 0 aliphatic carbocycles. The van der Waals surface area contributed by atoms with Gasteiger partial charge in [0.15, 0.2) is 0 Å². The summed E-state index contributed by atoms with van der Waals surface area (Å²) in [6.07, 6.45) is 1.35. The van der Waals surface area contributed by atoms with E-state index in [4.69, 9.17) is 4.74 Å². The second-order valence-corrected chi connectivity index (χ2v) is 3.56. The summed E-state index contributed by atoms with van der Waals surface area (Å²) in [4.78, 5) is 0. The molecule has 1 saturated heterocycles. The molecular weight excluding hydrogens is 238 g/mol.